The topological polar surface area (TPSA) is 72.8 Å². The number of halogens is 3. The molecule has 2 aromatic carbocycles. The molecule has 0 unspecified atom stereocenters. The van der Waals surface area contributed by atoms with Gasteiger partial charge >= 0.3 is 5.97 Å². The zero-order valence-electron chi connectivity index (χ0n) is 13.0. The molecule has 132 valence electrons. The highest BCUT2D eigenvalue weighted by Crippen LogP contribution is 2.35. The van der Waals surface area contributed by atoms with Crippen molar-refractivity contribution in [2.24, 2.45) is 0 Å². The van der Waals surface area contributed by atoms with E-state index >= 15 is 0 Å². The molecular formula is C17H13ClF2O5. The fourth-order valence-electron chi connectivity index (χ4n) is 1.92. The first-order valence-electron chi connectivity index (χ1n) is 7.14. The number of carbonyl (C=O) groups excluding carboxylic acids is 2. The Morgan fingerprint density at radius 2 is 1.84 bits per heavy atom. The highest BCUT2D eigenvalue weighted by atomic mass is 35.5. The van der Waals surface area contributed by atoms with E-state index in [1.54, 1.807) is 6.92 Å². The van der Waals surface area contributed by atoms with Crippen molar-refractivity contribution in [3.63, 3.8) is 0 Å². The fourth-order valence-corrected chi connectivity index (χ4v) is 2.14. The predicted octanol–water partition coefficient (Wildman–Crippen LogP) is 3.76. The second-order valence-corrected chi connectivity index (χ2v) is 5.27. The lowest BCUT2D eigenvalue weighted by Crippen LogP contribution is -2.14. The van der Waals surface area contributed by atoms with E-state index in [1.165, 1.54) is 6.07 Å². The van der Waals surface area contributed by atoms with Gasteiger partial charge in [0.2, 0.25) is 0 Å². The molecule has 0 fully saturated rings. The van der Waals surface area contributed by atoms with E-state index in [4.69, 9.17) is 21.1 Å². The molecule has 0 aromatic heterocycles. The van der Waals surface area contributed by atoms with Gasteiger partial charge in [-0.25, -0.2) is 13.6 Å². The van der Waals surface area contributed by atoms with Crippen molar-refractivity contribution in [2.75, 3.05) is 13.2 Å². The molecule has 2 aromatic rings. The lowest BCUT2D eigenvalue weighted by atomic mass is 10.1. The number of hydrogen-bond donors (Lipinski definition) is 1. The van der Waals surface area contributed by atoms with Crippen LogP contribution in [-0.4, -0.2) is 30.1 Å². The van der Waals surface area contributed by atoms with E-state index in [1.807, 2.05) is 0 Å². The smallest absolute Gasteiger partial charge is 0.338 e. The summed E-state index contributed by atoms with van der Waals surface area (Å²) in [6, 6.07) is 4.98. The first-order chi connectivity index (χ1) is 11.8. The van der Waals surface area contributed by atoms with Gasteiger partial charge in [0.05, 0.1) is 17.2 Å². The number of hydrogen-bond acceptors (Lipinski definition) is 5. The molecule has 8 heteroatoms. The molecule has 0 aliphatic carbocycles. The highest BCUT2D eigenvalue weighted by molar-refractivity contribution is 6.32. The van der Waals surface area contributed by atoms with Crippen LogP contribution in [-0.2, 0) is 4.74 Å². The van der Waals surface area contributed by atoms with Gasteiger partial charge in [-0.3, -0.25) is 4.79 Å². The molecule has 0 aliphatic heterocycles. The summed E-state index contributed by atoms with van der Waals surface area (Å²) in [6.07, 6.45) is 0. The van der Waals surface area contributed by atoms with E-state index in [0.29, 0.717) is 0 Å². The van der Waals surface area contributed by atoms with E-state index in [0.717, 1.165) is 24.3 Å². The average molecular weight is 371 g/mol. The Morgan fingerprint density at radius 1 is 1.12 bits per heavy atom. The molecule has 0 saturated heterocycles. The van der Waals surface area contributed by atoms with E-state index in [-0.39, 0.29) is 34.3 Å². The Kier molecular flexibility index (Phi) is 5.93. The zero-order valence-corrected chi connectivity index (χ0v) is 13.8. The van der Waals surface area contributed by atoms with Crippen molar-refractivity contribution in [1.82, 2.24) is 0 Å². The number of Topliss-reactive ketones (excluding diaryl/α,β-unsaturated/α-hetero) is 1. The van der Waals surface area contributed by atoms with Crippen LogP contribution in [0.25, 0.3) is 0 Å². The number of phenolic OH excluding ortho intramolecular Hbond substituents is 1. The lowest BCUT2D eigenvalue weighted by Gasteiger charge is -2.10. The minimum Gasteiger partial charge on any atom is -0.503 e. The van der Waals surface area contributed by atoms with Gasteiger partial charge in [0.15, 0.2) is 35.5 Å². The molecule has 0 saturated carbocycles. The van der Waals surface area contributed by atoms with Crippen LogP contribution in [0, 0.1) is 11.6 Å². The number of phenols is 1. The first-order valence-corrected chi connectivity index (χ1v) is 7.52. The standard InChI is InChI=1S/C17H13ClF2O5/c1-2-24-15-7-10(5-11(18)16(15)22)17(23)25-8-14(21)9-3-4-12(19)13(20)6-9/h3-7,22H,2,8H2,1H3. The maximum atomic E-state index is 13.1. The zero-order chi connectivity index (χ0) is 18.6. The normalized spacial score (nSPS) is 10.4. The minimum atomic E-state index is -1.18. The number of ether oxygens (including phenoxy) is 2. The number of aromatic hydroxyl groups is 1. The summed E-state index contributed by atoms with van der Waals surface area (Å²) >= 11 is 5.81. The van der Waals surface area contributed by atoms with Crippen molar-refractivity contribution in [3.05, 3.63) is 58.1 Å². The largest absolute Gasteiger partial charge is 0.503 e. The summed E-state index contributed by atoms with van der Waals surface area (Å²) < 4.78 is 36.0. The molecule has 1 N–H and O–H groups in total. The molecule has 0 aliphatic rings. The van der Waals surface area contributed by atoms with E-state index in [9.17, 15) is 23.5 Å². The third-order valence-electron chi connectivity index (χ3n) is 3.14. The molecule has 2 rings (SSSR count). The van der Waals surface area contributed by atoms with Gasteiger partial charge in [0.1, 0.15) is 0 Å². The molecule has 0 amide bonds. The maximum absolute atomic E-state index is 13.1. The first kappa shape index (κ1) is 18.7. The van der Waals surface area contributed by atoms with Crippen LogP contribution in [0.2, 0.25) is 5.02 Å². The molecule has 0 spiro atoms. The number of esters is 1. The van der Waals surface area contributed by atoms with Crippen LogP contribution in [0.4, 0.5) is 8.78 Å². The van der Waals surface area contributed by atoms with Gasteiger partial charge in [0.25, 0.3) is 0 Å². The predicted molar refractivity (Wildman–Crippen MR) is 85.3 cm³/mol. The van der Waals surface area contributed by atoms with Gasteiger partial charge in [0, 0.05) is 5.56 Å². The van der Waals surface area contributed by atoms with Crippen LogP contribution in [0.15, 0.2) is 30.3 Å². The van der Waals surface area contributed by atoms with Crippen molar-refractivity contribution in [3.8, 4) is 11.5 Å². The summed E-state index contributed by atoms with van der Waals surface area (Å²) in [5.74, 6) is -4.19. The molecule has 0 radical (unpaired) electrons. The van der Waals surface area contributed by atoms with Gasteiger partial charge in [-0.05, 0) is 37.3 Å². The van der Waals surface area contributed by atoms with E-state index < -0.39 is 30.0 Å². The van der Waals surface area contributed by atoms with Crippen LogP contribution < -0.4 is 4.74 Å². The summed E-state index contributed by atoms with van der Waals surface area (Å²) in [6.45, 7) is 1.24. The second-order valence-electron chi connectivity index (χ2n) is 4.87. The summed E-state index contributed by atoms with van der Waals surface area (Å²) in [5, 5.41) is 9.60. The van der Waals surface area contributed by atoms with Crippen LogP contribution in [0.1, 0.15) is 27.6 Å². The monoisotopic (exact) mass is 370 g/mol. The van der Waals surface area contributed by atoms with Crippen LogP contribution >= 0.6 is 11.6 Å². The quantitative estimate of drug-likeness (QED) is 0.619. The molecule has 25 heavy (non-hydrogen) atoms. The number of carbonyl (C=O) groups is 2. The van der Waals surface area contributed by atoms with Crippen LogP contribution in [0.3, 0.4) is 0 Å². The number of benzene rings is 2. The Hall–Kier alpha value is -2.67. The third-order valence-corrected chi connectivity index (χ3v) is 3.43. The van der Waals surface area contributed by atoms with Gasteiger partial charge in [-0.15, -0.1) is 0 Å². The van der Waals surface area contributed by atoms with Crippen molar-refractivity contribution in [2.45, 2.75) is 6.92 Å². The second kappa shape index (κ2) is 7.94. The number of rotatable bonds is 6. The Labute approximate surface area is 146 Å². The molecule has 0 bridgehead atoms. The number of ketones is 1. The van der Waals surface area contributed by atoms with Gasteiger partial charge in [-0.1, -0.05) is 11.6 Å². The lowest BCUT2D eigenvalue weighted by molar-refractivity contribution is 0.0474. The van der Waals surface area contributed by atoms with Crippen molar-refractivity contribution in [1.29, 1.82) is 0 Å². The van der Waals surface area contributed by atoms with Gasteiger partial charge in [-0.2, -0.15) is 0 Å². The summed E-state index contributed by atoms with van der Waals surface area (Å²) in [4.78, 5) is 23.9. The minimum absolute atomic E-state index is 0.00566. The average Bonchev–Trinajstić information content (AvgIpc) is 2.58. The SMILES string of the molecule is CCOc1cc(C(=O)OCC(=O)c2ccc(F)c(F)c2)cc(Cl)c1O. The summed E-state index contributed by atoms with van der Waals surface area (Å²) in [7, 11) is 0. The maximum Gasteiger partial charge on any atom is 0.338 e. The fraction of sp³-hybridized carbons (Fsp3) is 0.176. The van der Waals surface area contributed by atoms with Crippen molar-refractivity contribution >= 4 is 23.4 Å². The third kappa shape index (κ3) is 4.45. The van der Waals surface area contributed by atoms with Crippen molar-refractivity contribution < 1.29 is 33.0 Å². The Balaban J connectivity index is 2.09. The van der Waals surface area contributed by atoms with E-state index in [2.05, 4.69) is 0 Å². The molecule has 5 nitrogen and oxygen atoms in total. The molecule has 0 heterocycles. The Morgan fingerprint density at radius 3 is 2.48 bits per heavy atom. The molecular weight excluding hydrogens is 358 g/mol. The summed E-state index contributed by atoms with van der Waals surface area (Å²) in [5.41, 5.74) is -0.171. The molecule has 0 atom stereocenters. The Bertz CT molecular complexity index is 823. The highest BCUT2D eigenvalue weighted by Gasteiger charge is 2.17. The van der Waals surface area contributed by atoms with Gasteiger partial charge < -0.3 is 14.6 Å². The van der Waals surface area contributed by atoms with Crippen LogP contribution in [0.5, 0.6) is 11.5 Å².